The van der Waals surface area contributed by atoms with Gasteiger partial charge in [-0.25, -0.2) is 15.0 Å². The van der Waals surface area contributed by atoms with E-state index < -0.39 is 0 Å². The molecule has 2 rings (SSSR count). The number of hydrogen-bond donors (Lipinski definition) is 0. The van der Waals surface area contributed by atoms with Crippen molar-refractivity contribution in [2.45, 2.75) is 26.2 Å². The average Bonchev–Trinajstić information content (AvgIpc) is 2.66. The Bertz CT molecular complexity index is 586. The molecule has 0 fully saturated rings. The summed E-state index contributed by atoms with van der Waals surface area (Å²) in [5.74, 6) is 0.616. The molecule has 0 aliphatic heterocycles. The molecular formula is C12H14ClIN4. The zero-order chi connectivity index (χ0) is 13.5. The standard InChI is InChI=1S/C12H14ClIN4/c1-12(2,3)9-8(14)10(13)17-11(16-9)7-5-15-6-18(7)4/h5-6H,1-4H3. The van der Waals surface area contributed by atoms with E-state index in [1.807, 2.05) is 11.6 Å². The lowest BCUT2D eigenvalue weighted by molar-refractivity contribution is 0.563. The second-order valence-corrected chi connectivity index (χ2v) is 6.58. The van der Waals surface area contributed by atoms with Gasteiger partial charge < -0.3 is 4.57 Å². The predicted molar refractivity (Wildman–Crippen MR) is 80.7 cm³/mol. The third-order valence-electron chi connectivity index (χ3n) is 2.57. The van der Waals surface area contributed by atoms with Crippen LogP contribution in [0.1, 0.15) is 26.5 Å². The number of halogens is 2. The van der Waals surface area contributed by atoms with Gasteiger partial charge in [0.15, 0.2) is 5.82 Å². The van der Waals surface area contributed by atoms with Crippen LogP contribution in [0.2, 0.25) is 5.15 Å². The minimum Gasteiger partial charge on any atom is -0.331 e. The summed E-state index contributed by atoms with van der Waals surface area (Å²) in [6.45, 7) is 6.34. The Morgan fingerprint density at radius 1 is 1.28 bits per heavy atom. The van der Waals surface area contributed by atoms with Crippen molar-refractivity contribution in [2.24, 2.45) is 7.05 Å². The summed E-state index contributed by atoms with van der Waals surface area (Å²) in [5.41, 5.74) is 1.74. The Labute approximate surface area is 125 Å². The minimum atomic E-state index is -0.0730. The first-order valence-electron chi connectivity index (χ1n) is 5.51. The van der Waals surface area contributed by atoms with Gasteiger partial charge in [-0.1, -0.05) is 32.4 Å². The second-order valence-electron chi connectivity index (χ2n) is 5.14. The van der Waals surface area contributed by atoms with Crippen molar-refractivity contribution in [3.63, 3.8) is 0 Å². The lowest BCUT2D eigenvalue weighted by Crippen LogP contribution is -2.17. The highest BCUT2D eigenvalue weighted by molar-refractivity contribution is 14.1. The van der Waals surface area contributed by atoms with E-state index in [4.69, 9.17) is 11.6 Å². The predicted octanol–water partition coefficient (Wildman–Crippen LogP) is 3.43. The maximum atomic E-state index is 6.21. The summed E-state index contributed by atoms with van der Waals surface area (Å²) < 4.78 is 2.79. The van der Waals surface area contributed by atoms with Crippen molar-refractivity contribution in [1.29, 1.82) is 0 Å². The van der Waals surface area contributed by atoms with Crippen LogP contribution in [0.3, 0.4) is 0 Å². The van der Waals surface area contributed by atoms with Crippen molar-refractivity contribution in [3.8, 4) is 11.5 Å². The number of nitrogens with zero attached hydrogens (tertiary/aromatic N) is 4. The molecule has 0 aromatic carbocycles. The Kier molecular flexibility index (Phi) is 3.64. The van der Waals surface area contributed by atoms with Crippen molar-refractivity contribution in [1.82, 2.24) is 19.5 Å². The smallest absolute Gasteiger partial charge is 0.179 e. The molecule has 0 spiro atoms. The molecule has 0 atom stereocenters. The Morgan fingerprint density at radius 3 is 2.44 bits per heavy atom. The fourth-order valence-corrected chi connectivity index (χ4v) is 2.82. The molecule has 0 saturated heterocycles. The van der Waals surface area contributed by atoms with E-state index in [0.29, 0.717) is 11.0 Å². The third-order valence-corrected chi connectivity index (χ3v) is 4.18. The summed E-state index contributed by atoms with van der Waals surface area (Å²) in [6.07, 6.45) is 3.46. The zero-order valence-corrected chi connectivity index (χ0v) is 13.6. The lowest BCUT2D eigenvalue weighted by Gasteiger charge is -2.20. The maximum Gasteiger partial charge on any atom is 0.179 e. The van der Waals surface area contributed by atoms with Gasteiger partial charge in [-0.2, -0.15) is 0 Å². The normalized spacial score (nSPS) is 11.9. The van der Waals surface area contributed by atoms with E-state index in [-0.39, 0.29) is 5.41 Å². The molecule has 0 N–H and O–H groups in total. The molecule has 2 aromatic heterocycles. The number of aromatic nitrogens is 4. The molecule has 2 aromatic rings. The number of hydrogen-bond acceptors (Lipinski definition) is 3. The summed E-state index contributed by atoms with van der Waals surface area (Å²) in [6, 6.07) is 0. The summed E-state index contributed by atoms with van der Waals surface area (Å²) in [7, 11) is 1.91. The van der Waals surface area contributed by atoms with E-state index in [0.717, 1.165) is 15.0 Å². The first-order chi connectivity index (χ1) is 8.30. The molecule has 0 aliphatic rings. The zero-order valence-electron chi connectivity index (χ0n) is 10.7. The van der Waals surface area contributed by atoms with Gasteiger partial charge in [0, 0.05) is 12.5 Å². The van der Waals surface area contributed by atoms with Crippen LogP contribution in [0.5, 0.6) is 0 Å². The van der Waals surface area contributed by atoms with Crippen LogP contribution in [-0.4, -0.2) is 19.5 Å². The summed E-state index contributed by atoms with van der Waals surface area (Å²) in [5, 5.41) is 0.492. The number of rotatable bonds is 1. The number of imidazole rings is 1. The minimum absolute atomic E-state index is 0.0730. The van der Waals surface area contributed by atoms with E-state index in [2.05, 4.69) is 58.3 Å². The fraction of sp³-hybridized carbons (Fsp3) is 0.417. The van der Waals surface area contributed by atoms with Gasteiger partial charge in [-0.3, -0.25) is 0 Å². The molecule has 2 heterocycles. The van der Waals surface area contributed by atoms with Crippen LogP contribution in [-0.2, 0) is 12.5 Å². The van der Waals surface area contributed by atoms with E-state index >= 15 is 0 Å². The van der Waals surface area contributed by atoms with Crippen LogP contribution >= 0.6 is 34.2 Å². The monoisotopic (exact) mass is 376 g/mol. The van der Waals surface area contributed by atoms with Crippen molar-refractivity contribution < 1.29 is 0 Å². The van der Waals surface area contributed by atoms with Crippen LogP contribution < -0.4 is 0 Å². The number of aryl methyl sites for hydroxylation is 1. The van der Waals surface area contributed by atoms with Gasteiger partial charge in [0.05, 0.1) is 21.8 Å². The SMILES string of the molecule is Cn1cncc1-c1nc(Cl)c(I)c(C(C)(C)C)n1. The average molecular weight is 377 g/mol. The van der Waals surface area contributed by atoms with Crippen molar-refractivity contribution >= 4 is 34.2 Å². The maximum absolute atomic E-state index is 6.21. The highest BCUT2D eigenvalue weighted by atomic mass is 127. The van der Waals surface area contributed by atoms with Crippen LogP contribution in [0, 0.1) is 3.57 Å². The lowest BCUT2D eigenvalue weighted by atomic mass is 9.92. The molecule has 18 heavy (non-hydrogen) atoms. The molecule has 0 unspecified atom stereocenters. The molecular weight excluding hydrogens is 363 g/mol. The van der Waals surface area contributed by atoms with Gasteiger partial charge in [-0.15, -0.1) is 0 Å². The summed E-state index contributed by atoms with van der Waals surface area (Å²) in [4.78, 5) is 13.1. The Balaban J connectivity index is 2.66. The van der Waals surface area contributed by atoms with E-state index in [1.165, 1.54) is 0 Å². The van der Waals surface area contributed by atoms with Crippen molar-refractivity contribution in [3.05, 3.63) is 26.9 Å². The van der Waals surface area contributed by atoms with Gasteiger partial charge >= 0.3 is 0 Å². The van der Waals surface area contributed by atoms with Gasteiger partial charge in [-0.05, 0) is 22.6 Å². The first-order valence-corrected chi connectivity index (χ1v) is 6.96. The van der Waals surface area contributed by atoms with Crippen LogP contribution in [0.4, 0.5) is 0 Å². The fourth-order valence-electron chi connectivity index (χ4n) is 1.60. The Morgan fingerprint density at radius 2 is 1.94 bits per heavy atom. The van der Waals surface area contributed by atoms with E-state index in [9.17, 15) is 0 Å². The Hall–Kier alpha value is -0.690. The quantitative estimate of drug-likeness (QED) is 0.566. The molecule has 0 aliphatic carbocycles. The van der Waals surface area contributed by atoms with Gasteiger partial charge in [0.2, 0.25) is 0 Å². The largest absolute Gasteiger partial charge is 0.331 e. The second kappa shape index (κ2) is 4.77. The molecule has 0 radical (unpaired) electrons. The molecule has 4 nitrogen and oxygen atoms in total. The highest BCUT2D eigenvalue weighted by Gasteiger charge is 2.23. The molecule has 6 heteroatoms. The molecule has 0 saturated carbocycles. The molecule has 0 amide bonds. The first kappa shape index (κ1) is 13.7. The van der Waals surface area contributed by atoms with Crippen LogP contribution in [0.25, 0.3) is 11.5 Å². The van der Waals surface area contributed by atoms with Gasteiger partial charge in [0.25, 0.3) is 0 Å². The third kappa shape index (κ3) is 2.51. The highest BCUT2D eigenvalue weighted by Crippen LogP contribution is 2.31. The molecule has 0 bridgehead atoms. The van der Waals surface area contributed by atoms with Gasteiger partial charge in [0.1, 0.15) is 10.8 Å². The topological polar surface area (TPSA) is 43.6 Å². The summed E-state index contributed by atoms with van der Waals surface area (Å²) >= 11 is 8.40. The van der Waals surface area contributed by atoms with Crippen LogP contribution in [0.15, 0.2) is 12.5 Å². The molecule has 96 valence electrons. The van der Waals surface area contributed by atoms with E-state index in [1.54, 1.807) is 12.5 Å². The van der Waals surface area contributed by atoms with Crippen molar-refractivity contribution in [2.75, 3.05) is 0 Å².